The van der Waals surface area contributed by atoms with Gasteiger partial charge in [0.1, 0.15) is 0 Å². The third-order valence-electron chi connectivity index (χ3n) is 5.27. The number of guanidine groups is 1. The Morgan fingerprint density at radius 2 is 1.58 bits per heavy atom. The molecule has 36 heavy (non-hydrogen) atoms. The number of halogens is 1. The van der Waals surface area contributed by atoms with Crippen molar-refractivity contribution in [2.45, 2.75) is 45.7 Å². The fraction of sp³-hybridized carbons (Fsp3) is 0.423. The lowest BCUT2D eigenvalue weighted by atomic mass is 10.0. The maximum atomic E-state index is 13.9. The summed E-state index contributed by atoms with van der Waals surface area (Å²) in [6.07, 6.45) is 0.726. The average molecular weight is 503 g/mol. The molecule has 2 aromatic rings. The predicted octanol–water partition coefficient (Wildman–Crippen LogP) is 2.95. The second kappa shape index (κ2) is 13.9. The molecule has 2 amide bonds. The van der Waals surface area contributed by atoms with Crippen LogP contribution in [0.4, 0.5) is 4.39 Å². The van der Waals surface area contributed by atoms with Gasteiger partial charge in [-0.2, -0.15) is 0 Å². The molecule has 0 radical (unpaired) electrons. The van der Waals surface area contributed by atoms with Crippen LogP contribution in [0.1, 0.15) is 37.8 Å². The number of nitrogens with two attached hydrogens (primary N) is 1. The summed E-state index contributed by atoms with van der Waals surface area (Å²) in [5, 5.41) is 5.35. The lowest BCUT2D eigenvalue weighted by Gasteiger charge is -2.16. The van der Waals surface area contributed by atoms with Gasteiger partial charge in [0.25, 0.3) is 0 Å². The van der Waals surface area contributed by atoms with E-state index in [-0.39, 0.29) is 48.8 Å². The van der Waals surface area contributed by atoms with Crippen LogP contribution in [0, 0.1) is 11.7 Å². The summed E-state index contributed by atoms with van der Waals surface area (Å²) in [7, 11) is 4.44. The first-order valence-electron chi connectivity index (χ1n) is 11.6. The van der Waals surface area contributed by atoms with Crippen molar-refractivity contribution in [1.29, 1.82) is 0 Å². The summed E-state index contributed by atoms with van der Waals surface area (Å²) in [5.41, 5.74) is 7.30. The first kappa shape index (κ1) is 28.4. The number of amides is 2. The third kappa shape index (κ3) is 9.09. The molecular formula is C26H35FN4O5. The number of hydrogen-bond acceptors (Lipinski definition) is 6. The molecular weight excluding hydrogens is 467 g/mol. The topological polar surface area (TPSA) is 124 Å². The van der Waals surface area contributed by atoms with Gasteiger partial charge in [-0.3, -0.25) is 14.9 Å². The van der Waals surface area contributed by atoms with Gasteiger partial charge in [0.05, 0.1) is 33.8 Å². The molecule has 0 aliphatic heterocycles. The number of rotatable bonds is 12. The minimum Gasteiger partial charge on any atom is -0.494 e. The smallest absolute Gasteiger partial charge is 0.231 e. The highest BCUT2D eigenvalue weighted by Crippen LogP contribution is 2.27. The van der Waals surface area contributed by atoms with Crippen LogP contribution in [0.2, 0.25) is 0 Å². The first-order chi connectivity index (χ1) is 17.1. The zero-order chi connectivity index (χ0) is 26.7. The van der Waals surface area contributed by atoms with E-state index in [4.69, 9.17) is 19.9 Å². The third-order valence-corrected chi connectivity index (χ3v) is 5.27. The zero-order valence-corrected chi connectivity index (χ0v) is 21.4. The van der Waals surface area contributed by atoms with Crippen LogP contribution < -0.4 is 30.6 Å². The summed E-state index contributed by atoms with van der Waals surface area (Å²) < 4.78 is 29.2. The number of ether oxygens (including phenoxy) is 3. The maximum absolute atomic E-state index is 13.9. The van der Waals surface area contributed by atoms with E-state index in [1.807, 2.05) is 13.8 Å². The van der Waals surface area contributed by atoms with E-state index in [0.29, 0.717) is 29.0 Å². The molecule has 1 atom stereocenters. The van der Waals surface area contributed by atoms with Crippen molar-refractivity contribution in [2.24, 2.45) is 16.6 Å². The molecule has 0 heterocycles. The second-order valence-corrected chi connectivity index (χ2v) is 8.66. The molecule has 196 valence electrons. The highest BCUT2D eigenvalue weighted by atomic mass is 19.1. The number of hydrogen-bond donors (Lipinski definition) is 3. The lowest BCUT2D eigenvalue weighted by Crippen LogP contribution is -2.39. The molecule has 0 aliphatic carbocycles. The van der Waals surface area contributed by atoms with E-state index < -0.39 is 11.9 Å². The normalized spacial score (nSPS) is 12.1. The summed E-state index contributed by atoms with van der Waals surface area (Å²) >= 11 is 0. The zero-order valence-electron chi connectivity index (χ0n) is 21.4. The van der Waals surface area contributed by atoms with Crippen molar-refractivity contribution < 1.29 is 28.2 Å². The highest BCUT2D eigenvalue weighted by molar-refractivity contribution is 5.97. The Hall–Kier alpha value is -3.82. The maximum Gasteiger partial charge on any atom is 0.231 e. The fourth-order valence-electron chi connectivity index (χ4n) is 3.62. The van der Waals surface area contributed by atoms with E-state index in [1.165, 1.54) is 33.5 Å². The van der Waals surface area contributed by atoms with Crippen LogP contribution in [0.3, 0.4) is 0 Å². The van der Waals surface area contributed by atoms with Gasteiger partial charge in [-0.15, -0.1) is 0 Å². The van der Waals surface area contributed by atoms with Crippen molar-refractivity contribution in [3.05, 3.63) is 53.3 Å². The fourth-order valence-corrected chi connectivity index (χ4v) is 3.62. The largest absolute Gasteiger partial charge is 0.494 e. The number of benzene rings is 2. The Balaban J connectivity index is 1.96. The van der Waals surface area contributed by atoms with Gasteiger partial charge in [0.2, 0.25) is 11.8 Å². The number of nitrogens with one attached hydrogen (secondary N) is 2. The van der Waals surface area contributed by atoms with E-state index in [0.717, 1.165) is 0 Å². The summed E-state index contributed by atoms with van der Waals surface area (Å²) in [6, 6.07) is 9.26. The average Bonchev–Trinajstić information content (AvgIpc) is 2.82. The van der Waals surface area contributed by atoms with Crippen molar-refractivity contribution in [1.82, 2.24) is 10.6 Å². The Morgan fingerprint density at radius 3 is 2.19 bits per heavy atom. The molecule has 0 aromatic heterocycles. The van der Waals surface area contributed by atoms with Crippen molar-refractivity contribution in [2.75, 3.05) is 21.3 Å². The minimum absolute atomic E-state index is 0.0591. The molecule has 0 saturated heterocycles. The van der Waals surface area contributed by atoms with Gasteiger partial charge >= 0.3 is 0 Å². The van der Waals surface area contributed by atoms with Gasteiger partial charge < -0.3 is 25.3 Å². The Kier molecular flexibility index (Phi) is 11.0. The molecule has 9 nitrogen and oxygen atoms in total. The quantitative estimate of drug-likeness (QED) is 0.303. The SMILES string of the molecule is COc1ccc(CNC(=O)C[C@@H](CC(C)C)N=C(N)NC(=O)Cc2ccc(OC)c(OC)c2)cc1F. The number of methoxy groups -OCH3 is 3. The van der Waals surface area contributed by atoms with Crippen LogP contribution in [-0.4, -0.2) is 45.1 Å². The summed E-state index contributed by atoms with van der Waals surface area (Å²) in [4.78, 5) is 29.4. The minimum atomic E-state index is -0.497. The van der Waals surface area contributed by atoms with Crippen LogP contribution in [0.5, 0.6) is 17.2 Å². The Morgan fingerprint density at radius 1 is 0.944 bits per heavy atom. The lowest BCUT2D eigenvalue weighted by molar-refractivity contribution is -0.121. The standard InChI is InChI=1S/C26H35FN4O5/c1-16(2)10-19(14-24(32)29-15-18-7-8-21(34-3)20(27)11-18)30-26(28)31-25(33)13-17-6-9-22(35-4)23(12-17)36-5/h6-9,11-12,16,19H,10,13-15H2,1-5H3,(H,29,32)(H3,28,30,31,33)/t19-/m1/s1. The molecule has 0 aliphatic rings. The van der Waals surface area contributed by atoms with Gasteiger partial charge in [-0.1, -0.05) is 26.0 Å². The van der Waals surface area contributed by atoms with Gasteiger partial charge in [-0.25, -0.2) is 9.38 Å². The van der Waals surface area contributed by atoms with Gasteiger partial charge in [0.15, 0.2) is 29.0 Å². The van der Waals surface area contributed by atoms with Crippen molar-refractivity contribution >= 4 is 17.8 Å². The monoisotopic (exact) mass is 502 g/mol. The molecule has 2 aromatic carbocycles. The molecule has 0 fully saturated rings. The van der Waals surface area contributed by atoms with E-state index in [1.54, 1.807) is 24.3 Å². The molecule has 2 rings (SSSR count). The molecule has 0 unspecified atom stereocenters. The number of carbonyl (C=O) groups excluding carboxylic acids is 2. The van der Waals surface area contributed by atoms with Gasteiger partial charge in [-0.05, 0) is 47.7 Å². The van der Waals surface area contributed by atoms with E-state index in [2.05, 4.69) is 15.6 Å². The molecule has 10 heteroatoms. The summed E-state index contributed by atoms with van der Waals surface area (Å²) in [6.45, 7) is 4.17. The molecule has 0 spiro atoms. The van der Waals surface area contributed by atoms with Crippen LogP contribution >= 0.6 is 0 Å². The Bertz CT molecular complexity index is 1070. The van der Waals surface area contributed by atoms with Crippen LogP contribution in [0.25, 0.3) is 0 Å². The van der Waals surface area contributed by atoms with Crippen molar-refractivity contribution in [3.8, 4) is 17.2 Å². The van der Waals surface area contributed by atoms with Gasteiger partial charge in [0, 0.05) is 13.0 Å². The Labute approximate surface area is 211 Å². The molecule has 4 N–H and O–H groups in total. The number of nitrogens with zero attached hydrogens (tertiary/aromatic N) is 1. The van der Waals surface area contributed by atoms with E-state index in [9.17, 15) is 14.0 Å². The van der Waals surface area contributed by atoms with Crippen LogP contribution in [-0.2, 0) is 22.6 Å². The van der Waals surface area contributed by atoms with Crippen LogP contribution in [0.15, 0.2) is 41.4 Å². The first-order valence-corrected chi connectivity index (χ1v) is 11.6. The molecule has 0 saturated carbocycles. The highest BCUT2D eigenvalue weighted by Gasteiger charge is 2.17. The number of carbonyl (C=O) groups is 2. The second-order valence-electron chi connectivity index (χ2n) is 8.66. The summed E-state index contributed by atoms with van der Waals surface area (Å²) in [5.74, 6) is 0.305. The van der Waals surface area contributed by atoms with E-state index >= 15 is 0 Å². The molecule has 0 bridgehead atoms. The van der Waals surface area contributed by atoms with Crippen molar-refractivity contribution in [3.63, 3.8) is 0 Å². The number of aliphatic imine (C=N–C) groups is 1. The predicted molar refractivity (Wildman–Crippen MR) is 136 cm³/mol.